The number of hydrogen-bond donors (Lipinski definition) is 1. The van der Waals surface area contributed by atoms with E-state index in [1.54, 1.807) is 0 Å². The summed E-state index contributed by atoms with van der Waals surface area (Å²) in [5.74, 6) is -0.228. The Morgan fingerprint density at radius 3 is 1.41 bits per heavy atom. The molecule has 0 fully saturated rings. The minimum Gasteiger partial charge on any atom is -0.457 e. The minimum absolute atomic E-state index is 0.201. The van der Waals surface area contributed by atoms with Crippen molar-refractivity contribution in [2.45, 2.75) is 174 Å². The highest BCUT2D eigenvalue weighted by Gasteiger charge is 2.13. The Morgan fingerprint density at radius 1 is 0.510 bits per heavy atom. The van der Waals surface area contributed by atoms with Crippen LogP contribution in [0.25, 0.3) is 0 Å². The van der Waals surface area contributed by atoms with Gasteiger partial charge in [0.05, 0.1) is 13.2 Å². The molecule has 1 N–H and O–H groups in total. The second-order valence-corrected chi connectivity index (χ2v) is 13.0. The SMILES string of the molecule is CC/C=C\C/C=C\C/C=C\C/C=C\C/C=C\C/C=C\CCCOCC(CO)OC(=O)CCCCCCCCC/C=C\CCCCCCCC. The molecule has 280 valence electrons. The summed E-state index contributed by atoms with van der Waals surface area (Å²) in [4.78, 5) is 12.2. The predicted octanol–water partition coefficient (Wildman–Crippen LogP) is 13.2. The van der Waals surface area contributed by atoms with Crippen LogP contribution in [-0.4, -0.2) is 37.0 Å². The summed E-state index contributed by atoms with van der Waals surface area (Å²) in [6.07, 6.45) is 57.8. The average molecular weight is 681 g/mol. The van der Waals surface area contributed by atoms with Gasteiger partial charge in [0.25, 0.3) is 0 Å². The van der Waals surface area contributed by atoms with E-state index >= 15 is 0 Å². The van der Waals surface area contributed by atoms with E-state index in [1.807, 2.05) is 0 Å². The summed E-state index contributed by atoms with van der Waals surface area (Å²) >= 11 is 0. The van der Waals surface area contributed by atoms with Crippen LogP contribution in [0.4, 0.5) is 0 Å². The molecule has 1 atom stereocenters. The van der Waals surface area contributed by atoms with Crippen LogP contribution in [0, 0.1) is 0 Å². The Kier molecular flexibility index (Phi) is 39.7. The molecule has 49 heavy (non-hydrogen) atoms. The number of carbonyl (C=O) groups is 1. The number of carbonyl (C=O) groups excluding carboxylic acids is 1. The molecule has 0 aromatic rings. The molecule has 0 rings (SSSR count). The molecule has 0 aliphatic heterocycles. The number of rotatable bonds is 36. The fourth-order valence-electron chi connectivity index (χ4n) is 5.22. The number of aliphatic hydroxyl groups excluding tert-OH is 1. The molecule has 0 aromatic carbocycles. The quantitative estimate of drug-likeness (QED) is 0.0406. The van der Waals surface area contributed by atoms with E-state index < -0.39 is 6.10 Å². The Morgan fingerprint density at radius 2 is 0.918 bits per heavy atom. The molecular weight excluding hydrogens is 604 g/mol. The van der Waals surface area contributed by atoms with Gasteiger partial charge < -0.3 is 14.6 Å². The lowest BCUT2D eigenvalue weighted by Gasteiger charge is -2.15. The lowest BCUT2D eigenvalue weighted by Crippen LogP contribution is -2.27. The predicted molar refractivity (Wildman–Crippen MR) is 214 cm³/mol. The molecule has 0 aliphatic rings. The molecule has 0 saturated heterocycles. The summed E-state index contributed by atoms with van der Waals surface area (Å²) < 4.78 is 11.1. The van der Waals surface area contributed by atoms with Gasteiger partial charge in [-0.15, -0.1) is 0 Å². The molecule has 4 nitrogen and oxygen atoms in total. The number of unbranched alkanes of at least 4 members (excludes halogenated alkanes) is 14. The van der Waals surface area contributed by atoms with Crippen molar-refractivity contribution in [3.8, 4) is 0 Å². The third-order valence-corrected chi connectivity index (χ3v) is 8.20. The van der Waals surface area contributed by atoms with Gasteiger partial charge in [0.1, 0.15) is 6.10 Å². The van der Waals surface area contributed by atoms with Gasteiger partial charge in [0.15, 0.2) is 0 Å². The van der Waals surface area contributed by atoms with Crippen LogP contribution in [0.3, 0.4) is 0 Å². The molecular formula is C45H76O4. The van der Waals surface area contributed by atoms with Gasteiger partial charge >= 0.3 is 5.97 Å². The third-order valence-electron chi connectivity index (χ3n) is 8.20. The van der Waals surface area contributed by atoms with Gasteiger partial charge in [-0.1, -0.05) is 163 Å². The molecule has 0 saturated carbocycles. The number of ether oxygens (including phenoxy) is 2. The van der Waals surface area contributed by atoms with E-state index in [4.69, 9.17) is 9.47 Å². The molecule has 1 unspecified atom stereocenters. The summed E-state index contributed by atoms with van der Waals surface area (Å²) in [6, 6.07) is 0. The number of allylic oxidation sites excluding steroid dienone is 14. The highest BCUT2D eigenvalue weighted by Crippen LogP contribution is 2.12. The van der Waals surface area contributed by atoms with E-state index in [2.05, 4.69) is 98.9 Å². The van der Waals surface area contributed by atoms with Crippen LogP contribution in [0.15, 0.2) is 85.1 Å². The molecule has 0 radical (unpaired) electrons. The molecule has 4 heteroatoms. The maximum atomic E-state index is 12.2. The molecule has 0 spiro atoms. The second-order valence-electron chi connectivity index (χ2n) is 13.0. The van der Waals surface area contributed by atoms with Gasteiger partial charge in [-0.05, 0) is 83.5 Å². The van der Waals surface area contributed by atoms with Gasteiger partial charge in [-0.2, -0.15) is 0 Å². The lowest BCUT2D eigenvalue weighted by atomic mass is 10.1. The standard InChI is InChI=1S/C45H76O4/c1-3-5-7-9-11-13-15-17-19-21-22-23-25-27-29-31-33-35-37-39-41-48-43-44(42-46)49-45(47)40-38-36-34-32-30-28-26-24-20-18-16-14-12-10-8-6-4-2/h5,7,11,13,17-20,22-23,27,29,33,35,44,46H,3-4,6,8-10,12,14-16,21,24-26,28,30-32,34,36-43H2,1-2H3/b7-5-,13-11-,19-17-,20-18-,23-22-,29-27-,35-33-. The van der Waals surface area contributed by atoms with Crippen molar-refractivity contribution < 1.29 is 19.4 Å². The largest absolute Gasteiger partial charge is 0.457 e. The van der Waals surface area contributed by atoms with E-state index in [0.717, 1.165) is 64.2 Å². The molecule has 0 bridgehead atoms. The summed E-state index contributed by atoms with van der Waals surface area (Å²) in [6.45, 7) is 5.07. The average Bonchev–Trinajstić information content (AvgIpc) is 3.11. The first-order chi connectivity index (χ1) is 24.2. The van der Waals surface area contributed by atoms with Crippen molar-refractivity contribution >= 4 is 5.97 Å². The highest BCUT2D eigenvalue weighted by molar-refractivity contribution is 5.69. The van der Waals surface area contributed by atoms with Gasteiger partial charge in [-0.3, -0.25) is 4.79 Å². The first-order valence-corrected chi connectivity index (χ1v) is 20.2. The Labute approximate surface area is 303 Å². The monoisotopic (exact) mass is 681 g/mol. The molecule has 0 heterocycles. The van der Waals surface area contributed by atoms with Crippen LogP contribution in [-0.2, 0) is 14.3 Å². The third kappa shape index (κ3) is 39.9. The zero-order chi connectivity index (χ0) is 35.6. The highest BCUT2D eigenvalue weighted by atomic mass is 16.6. The van der Waals surface area contributed by atoms with Gasteiger partial charge in [-0.25, -0.2) is 0 Å². The summed E-state index contributed by atoms with van der Waals surface area (Å²) in [7, 11) is 0. The number of aliphatic hydroxyl groups is 1. The van der Waals surface area contributed by atoms with E-state index in [-0.39, 0.29) is 19.2 Å². The zero-order valence-corrected chi connectivity index (χ0v) is 31.9. The van der Waals surface area contributed by atoms with Crippen LogP contribution in [0.1, 0.15) is 168 Å². The maximum absolute atomic E-state index is 12.2. The van der Waals surface area contributed by atoms with Crippen LogP contribution in [0.5, 0.6) is 0 Å². The zero-order valence-electron chi connectivity index (χ0n) is 31.9. The normalized spacial score (nSPS) is 13.3. The van der Waals surface area contributed by atoms with Crippen molar-refractivity contribution in [1.29, 1.82) is 0 Å². The van der Waals surface area contributed by atoms with Crippen molar-refractivity contribution in [2.75, 3.05) is 19.8 Å². The van der Waals surface area contributed by atoms with Crippen LogP contribution >= 0.6 is 0 Å². The number of hydrogen-bond acceptors (Lipinski definition) is 4. The Balaban J connectivity index is 3.59. The fourth-order valence-corrected chi connectivity index (χ4v) is 5.22. The van der Waals surface area contributed by atoms with Crippen LogP contribution < -0.4 is 0 Å². The van der Waals surface area contributed by atoms with Crippen molar-refractivity contribution in [2.24, 2.45) is 0 Å². The fraction of sp³-hybridized carbons (Fsp3) is 0.667. The van der Waals surface area contributed by atoms with Crippen molar-refractivity contribution in [3.63, 3.8) is 0 Å². The van der Waals surface area contributed by atoms with Crippen molar-refractivity contribution in [1.82, 2.24) is 0 Å². The maximum Gasteiger partial charge on any atom is 0.306 e. The van der Waals surface area contributed by atoms with Crippen LogP contribution in [0.2, 0.25) is 0 Å². The Bertz CT molecular complexity index is 892. The van der Waals surface area contributed by atoms with E-state index in [9.17, 15) is 9.90 Å². The second kappa shape index (κ2) is 41.7. The number of esters is 1. The smallest absolute Gasteiger partial charge is 0.306 e. The first-order valence-electron chi connectivity index (χ1n) is 20.2. The topological polar surface area (TPSA) is 55.8 Å². The Hall–Kier alpha value is -2.43. The van der Waals surface area contributed by atoms with E-state index in [1.165, 1.54) is 83.5 Å². The molecule has 0 amide bonds. The minimum atomic E-state index is -0.571. The molecule has 0 aliphatic carbocycles. The lowest BCUT2D eigenvalue weighted by molar-refractivity contribution is -0.154. The van der Waals surface area contributed by atoms with Crippen molar-refractivity contribution in [3.05, 3.63) is 85.1 Å². The first kappa shape index (κ1) is 46.6. The summed E-state index contributed by atoms with van der Waals surface area (Å²) in [5, 5.41) is 9.58. The van der Waals surface area contributed by atoms with Gasteiger partial charge in [0.2, 0.25) is 0 Å². The van der Waals surface area contributed by atoms with E-state index in [0.29, 0.717) is 13.0 Å². The van der Waals surface area contributed by atoms with Gasteiger partial charge in [0, 0.05) is 13.0 Å². The summed E-state index contributed by atoms with van der Waals surface area (Å²) in [5.41, 5.74) is 0. The molecule has 0 aromatic heterocycles.